The predicted molar refractivity (Wildman–Crippen MR) is 74.4 cm³/mol. The van der Waals surface area contributed by atoms with Crippen molar-refractivity contribution < 1.29 is 4.39 Å². The van der Waals surface area contributed by atoms with Gasteiger partial charge in [0.15, 0.2) is 5.82 Å². The van der Waals surface area contributed by atoms with Gasteiger partial charge in [0.2, 0.25) is 5.95 Å². The number of hydrogen-bond donors (Lipinski definition) is 1. The maximum atomic E-state index is 13.6. The third kappa shape index (κ3) is 3.43. The van der Waals surface area contributed by atoms with E-state index in [4.69, 9.17) is 0 Å². The summed E-state index contributed by atoms with van der Waals surface area (Å²) in [4.78, 5) is 8.93. The zero-order chi connectivity index (χ0) is 13.0. The number of aromatic nitrogens is 2. The third-order valence-corrected chi connectivity index (χ3v) is 3.59. The summed E-state index contributed by atoms with van der Waals surface area (Å²) in [6.07, 6.45) is 1.19. The molecule has 0 amide bonds. The van der Waals surface area contributed by atoms with Crippen LogP contribution in [0.4, 0.5) is 10.3 Å². The number of nitrogens with one attached hydrogen (secondary N) is 1. The van der Waals surface area contributed by atoms with Crippen LogP contribution in [0.3, 0.4) is 0 Å². The van der Waals surface area contributed by atoms with Crippen molar-refractivity contribution in [1.29, 1.82) is 0 Å². The number of nitrogens with zero attached hydrogens (tertiary/aromatic N) is 2. The van der Waals surface area contributed by atoms with Crippen molar-refractivity contribution in [3.05, 3.63) is 40.8 Å². The fraction of sp³-hybridized carbons (Fsp3) is 0.167. The van der Waals surface area contributed by atoms with Crippen molar-refractivity contribution in [3.63, 3.8) is 0 Å². The molecule has 94 valence electrons. The first-order valence-corrected chi connectivity index (χ1v) is 7.00. The predicted octanol–water partition coefficient (Wildman–Crippen LogP) is 3.96. The van der Waals surface area contributed by atoms with Crippen molar-refractivity contribution >= 4 is 33.6 Å². The first-order chi connectivity index (χ1) is 8.69. The molecular formula is C12H11BrFN3S. The highest BCUT2D eigenvalue weighted by Crippen LogP contribution is 2.29. The SMILES string of the molecule is CCNc1ncc(F)c(Sc2ccc(Br)cc2)n1. The summed E-state index contributed by atoms with van der Waals surface area (Å²) in [5, 5.41) is 3.28. The van der Waals surface area contributed by atoms with E-state index in [-0.39, 0.29) is 0 Å². The number of anilines is 1. The quantitative estimate of drug-likeness (QED) is 0.862. The first kappa shape index (κ1) is 13.3. The molecule has 1 heterocycles. The Morgan fingerprint density at radius 1 is 1.33 bits per heavy atom. The summed E-state index contributed by atoms with van der Waals surface area (Å²) >= 11 is 4.63. The zero-order valence-electron chi connectivity index (χ0n) is 9.65. The Kier molecular flexibility index (Phi) is 4.54. The summed E-state index contributed by atoms with van der Waals surface area (Å²) in [5.41, 5.74) is 0. The van der Waals surface area contributed by atoms with Crippen molar-refractivity contribution in [1.82, 2.24) is 9.97 Å². The Labute approximate surface area is 117 Å². The van der Waals surface area contributed by atoms with Gasteiger partial charge in [0, 0.05) is 15.9 Å². The van der Waals surface area contributed by atoms with Crippen LogP contribution < -0.4 is 5.32 Å². The molecule has 0 saturated heterocycles. The van der Waals surface area contributed by atoms with Crippen LogP contribution in [0.25, 0.3) is 0 Å². The molecule has 0 aliphatic carbocycles. The lowest BCUT2D eigenvalue weighted by molar-refractivity contribution is 0.580. The van der Waals surface area contributed by atoms with Gasteiger partial charge in [0.05, 0.1) is 6.20 Å². The largest absolute Gasteiger partial charge is 0.354 e. The molecule has 0 fully saturated rings. The Balaban J connectivity index is 2.22. The second-order valence-corrected chi connectivity index (χ2v) is 5.41. The second-order valence-electron chi connectivity index (χ2n) is 3.43. The van der Waals surface area contributed by atoms with Gasteiger partial charge < -0.3 is 5.32 Å². The van der Waals surface area contributed by atoms with Crippen LogP contribution >= 0.6 is 27.7 Å². The van der Waals surface area contributed by atoms with E-state index in [2.05, 4.69) is 31.2 Å². The molecule has 0 bridgehead atoms. The molecule has 6 heteroatoms. The van der Waals surface area contributed by atoms with Crippen LogP contribution in [-0.4, -0.2) is 16.5 Å². The molecule has 1 N–H and O–H groups in total. The summed E-state index contributed by atoms with van der Waals surface area (Å²) in [6.45, 7) is 2.64. The summed E-state index contributed by atoms with van der Waals surface area (Å²) in [6, 6.07) is 7.63. The number of rotatable bonds is 4. The smallest absolute Gasteiger partial charge is 0.223 e. The van der Waals surface area contributed by atoms with Gasteiger partial charge in [-0.1, -0.05) is 27.7 Å². The Morgan fingerprint density at radius 2 is 2.06 bits per heavy atom. The minimum atomic E-state index is -0.412. The van der Waals surface area contributed by atoms with E-state index in [0.717, 1.165) is 9.37 Å². The maximum absolute atomic E-state index is 13.6. The van der Waals surface area contributed by atoms with Gasteiger partial charge in [-0.25, -0.2) is 14.4 Å². The minimum Gasteiger partial charge on any atom is -0.354 e. The Hall–Kier alpha value is -1.14. The molecule has 0 radical (unpaired) electrons. The third-order valence-electron chi connectivity index (χ3n) is 2.07. The van der Waals surface area contributed by atoms with Gasteiger partial charge in [-0.2, -0.15) is 0 Å². The van der Waals surface area contributed by atoms with Crippen LogP contribution in [0.1, 0.15) is 6.92 Å². The minimum absolute atomic E-state index is 0.322. The van der Waals surface area contributed by atoms with E-state index >= 15 is 0 Å². The number of hydrogen-bond acceptors (Lipinski definition) is 4. The summed E-state index contributed by atoms with van der Waals surface area (Å²) < 4.78 is 14.6. The fourth-order valence-electron chi connectivity index (χ4n) is 1.28. The van der Waals surface area contributed by atoms with E-state index in [1.807, 2.05) is 31.2 Å². The van der Waals surface area contributed by atoms with Crippen molar-refractivity contribution in [3.8, 4) is 0 Å². The maximum Gasteiger partial charge on any atom is 0.223 e. The van der Waals surface area contributed by atoms with Crippen molar-refractivity contribution in [2.24, 2.45) is 0 Å². The molecule has 0 aliphatic rings. The van der Waals surface area contributed by atoms with Crippen LogP contribution in [0.2, 0.25) is 0 Å². The molecule has 2 rings (SSSR count). The molecule has 0 spiro atoms. The van der Waals surface area contributed by atoms with Crippen LogP contribution in [-0.2, 0) is 0 Å². The molecule has 1 aromatic heterocycles. The lowest BCUT2D eigenvalue weighted by atomic mass is 10.4. The number of benzene rings is 1. The van der Waals surface area contributed by atoms with E-state index in [1.165, 1.54) is 18.0 Å². The van der Waals surface area contributed by atoms with Gasteiger partial charge in [-0.3, -0.25) is 0 Å². The van der Waals surface area contributed by atoms with Crippen LogP contribution in [0.15, 0.2) is 44.9 Å². The Bertz CT molecular complexity index is 533. The molecule has 0 atom stereocenters. The van der Waals surface area contributed by atoms with E-state index in [0.29, 0.717) is 17.5 Å². The molecule has 2 aromatic rings. The van der Waals surface area contributed by atoms with Crippen LogP contribution in [0, 0.1) is 5.82 Å². The number of halogens is 2. The van der Waals surface area contributed by atoms with Crippen LogP contribution in [0.5, 0.6) is 0 Å². The van der Waals surface area contributed by atoms with Gasteiger partial charge in [-0.15, -0.1) is 0 Å². The molecule has 0 aliphatic heterocycles. The monoisotopic (exact) mass is 327 g/mol. The highest BCUT2D eigenvalue weighted by atomic mass is 79.9. The fourth-order valence-corrected chi connectivity index (χ4v) is 2.32. The lowest BCUT2D eigenvalue weighted by Crippen LogP contribution is -2.03. The van der Waals surface area contributed by atoms with E-state index in [9.17, 15) is 4.39 Å². The zero-order valence-corrected chi connectivity index (χ0v) is 12.1. The van der Waals surface area contributed by atoms with E-state index < -0.39 is 5.82 Å². The molecule has 0 unspecified atom stereocenters. The van der Waals surface area contributed by atoms with Gasteiger partial charge >= 0.3 is 0 Å². The van der Waals surface area contributed by atoms with Gasteiger partial charge in [-0.05, 0) is 31.2 Å². The van der Waals surface area contributed by atoms with Gasteiger partial charge in [0.1, 0.15) is 5.03 Å². The van der Waals surface area contributed by atoms with Crippen molar-refractivity contribution in [2.75, 3.05) is 11.9 Å². The second kappa shape index (κ2) is 6.15. The average molecular weight is 328 g/mol. The standard InChI is InChI=1S/C12H11BrFN3S/c1-2-15-12-16-7-10(14)11(17-12)18-9-5-3-8(13)4-6-9/h3-7H,2H2,1H3,(H,15,16,17). The summed E-state index contributed by atoms with van der Waals surface area (Å²) in [7, 11) is 0. The highest BCUT2D eigenvalue weighted by molar-refractivity contribution is 9.10. The molecule has 18 heavy (non-hydrogen) atoms. The first-order valence-electron chi connectivity index (χ1n) is 5.39. The van der Waals surface area contributed by atoms with Crippen molar-refractivity contribution in [2.45, 2.75) is 16.8 Å². The molecule has 3 nitrogen and oxygen atoms in total. The topological polar surface area (TPSA) is 37.8 Å². The lowest BCUT2D eigenvalue weighted by Gasteiger charge is -2.05. The van der Waals surface area contributed by atoms with Gasteiger partial charge in [0.25, 0.3) is 0 Å². The molecule has 1 aromatic carbocycles. The highest BCUT2D eigenvalue weighted by Gasteiger charge is 2.08. The van der Waals surface area contributed by atoms with E-state index in [1.54, 1.807) is 0 Å². The summed E-state index contributed by atoms with van der Waals surface area (Å²) in [5.74, 6) is 0.0306. The average Bonchev–Trinajstić information content (AvgIpc) is 2.36. The molecule has 0 saturated carbocycles. The normalized spacial score (nSPS) is 10.4. The molecular weight excluding hydrogens is 317 g/mol. The Morgan fingerprint density at radius 3 is 2.72 bits per heavy atom.